The third-order valence-corrected chi connectivity index (χ3v) is 6.66. The summed E-state index contributed by atoms with van der Waals surface area (Å²) in [4.78, 5) is 19.3. The first-order chi connectivity index (χ1) is 17.0. The molecule has 1 fully saturated rings. The number of ether oxygens (including phenoxy) is 1. The van der Waals surface area contributed by atoms with E-state index in [1.165, 1.54) is 11.6 Å². The van der Waals surface area contributed by atoms with Gasteiger partial charge in [-0.25, -0.2) is 9.37 Å². The van der Waals surface area contributed by atoms with Crippen molar-refractivity contribution in [2.24, 2.45) is 0 Å². The van der Waals surface area contributed by atoms with Gasteiger partial charge in [0, 0.05) is 25.4 Å². The molecule has 1 aliphatic rings. The number of amides is 1. The second-order valence-corrected chi connectivity index (χ2v) is 9.39. The molecule has 180 valence electrons. The highest BCUT2D eigenvalue weighted by atomic mass is 19.1. The Morgan fingerprint density at radius 2 is 1.77 bits per heavy atom. The van der Waals surface area contributed by atoms with Crippen LogP contribution in [-0.2, 0) is 11.3 Å². The molecule has 1 aromatic heterocycles. The highest BCUT2D eigenvalue weighted by Crippen LogP contribution is 2.34. The van der Waals surface area contributed by atoms with Gasteiger partial charge >= 0.3 is 0 Å². The van der Waals surface area contributed by atoms with Crippen LogP contribution in [0.25, 0.3) is 11.0 Å². The van der Waals surface area contributed by atoms with Gasteiger partial charge in [-0.1, -0.05) is 50.2 Å². The van der Waals surface area contributed by atoms with Gasteiger partial charge in [0.05, 0.1) is 23.3 Å². The zero-order chi connectivity index (χ0) is 24.4. The Kier molecular flexibility index (Phi) is 6.53. The SMILES string of the molecule is CC(C)c1ccc(OCCCn2c(C3CC(=O)N(c4ccccc4F)C3)nc3ccccc32)cc1. The second-order valence-electron chi connectivity index (χ2n) is 9.39. The van der Waals surface area contributed by atoms with Crippen molar-refractivity contribution >= 4 is 22.6 Å². The number of rotatable bonds is 8. The fourth-order valence-corrected chi connectivity index (χ4v) is 4.79. The number of aryl methyl sites for hydroxylation is 1. The number of aromatic nitrogens is 2. The van der Waals surface area contributed by atoms with Gasteiger partial charge in [-0.15, -0.1) is 0 Å². The number of anilines is 1. The average molecular weight is 472 g/mol. The van der Waals surface area contributed by atoms with E-state index in [9.17, 15) is 9.18 Å². The summed E-state index contributed by atoms with van der Waals surface area (Å²) in [6, 6.07) is 22.7. The first-order valence-corrected chi connectivity index (χ1v) is 12.2. The summed E-state index contributed by atoms with van der Waals surface area (Å²) in [5, 5.41) is 0. The topological polar surface area (TPSA) is 47.4 Å². The van der Waals surface area contributed by atoms with E-state index in [1.54, 1.807) is 23.1 Å². The van der Waals surface area contributed by atoms with Crippen molar-refractivity contribution in [2.45, 2.75) is 45.1 Å². The fourth-order valence-electron chi connectivity index (χ4n) is 4.79. The monoisotopic (exact) mass is 471 g/mol. The van der Waals surface area contributed by atoms with Gasteiger partial charge in [-0.05, 0) is 54.3 Å². The average Bonchev–Trinajstić information content (AvgIpc) is 3.43. The Morgan fingerprint density at radius 1 is 1.03 bits per heavy atom. The van der Waals surface area contributed by atoms with Gasteiger partial charge in [0.1, 0.15) is 17.4 Å². The molecule has 5 rings (SSSR count). The van der Waals surface area contributed by atoms with Crippen molar-refractivity contribution in [1.29, 1.82) is 0 Å². The van der Waals surface area contributed by atoms with Crippen molar-refractivity contribution in [1.82, 2.24) is 9.55 Å². The summed E-state index contributed by atoms with van der Waals surface area (Å²) in [7, 11) is 0. The highest BCUT2D eigenvalue weighted by Gasteiger charge is 2.35. The predicted octanol–water partition coefficient (Wildman–Crippen LogP) is 6.29. The van der Waals surface area contributed by atoms with Gasteiger partial charge in [0.2, 0.25) is 5.91 Å². The number of benzene rings is 3. The maximum absolute atomic E-state index is 14.4. The summed E-state index contributed by atoms with van der Waals surface area (Å²) in [6.07, 6.45) is 1.12. The van der Waals surface area contributed by atoms with Gasteiger partial charge in [-0.2, -0.15) is 0 Å². The molecule has 0 aliphatic carbocycles. The van der Waals surface area contributed by atoms with Gasteiger partial charge in [0.15, 0.2) is 0 Å². The van der Waals surface area contributed by atoms with E-state index < -0.39 is 0 Å². The van der Waals surface area contributed by atoms with E-state index in [-0.39, 0.29) is 17.6 Å². The lowest BCUT2D eigenvalue weighted by molar-refractivity contribution is -0.117. The number of hydrogen-bond acceptors (Lipinski definition) is 3. The molecule has 6 heteroatoms. The summed E-state index contributed by atoms with van der Waals surface area (Å²) < 4.78 is 22.6. The Labute approximate surface area is 205 Å². The number of carbonyl (C=O) groups is 1. The molecule has 2 heterocycles. The largest absolute Gasteiger partial charge is 0.494 e. The molecule has 35 heavy (non-hydrogen) atoms. The van der Waals surface area contributed by atoms with Crippen LogP contribution in [0.2, 0.25) is 0 Å². The maximum atomic E-state index is 14.4. The number of nitrogens with zero attached hydrogens (tertiary/aromatic N) is 3. The number of halogens is 1. The quantitative estimate of drug-likeness (QED) is 0.284. The van der Waals surface area contributed by atoms with Crippen LogP contribution in [0.5, 0.6) is 5.75 Å². The van der Waals surface area contributed by atoms with E-state index in [0.717, 1.165) is 35.6 Å². The van der Waals surface area contributed by atoms with Crippen LogP contribution in [0.3, 0.4) is 0 Å². The molecule has 0 N–H and O–H groups in total. The molecule has 0 bridgehead atoms. The van der Waals surface area contributed by atoms with Gasteiger partial charge in [0.25, 0.3) is 0 Å². The molecule has 5 nitrogen and oxygen atoms in total. The Hall–Kier alpha value is -3.67. The van der Waals surface area contributed by atoms with E-state index in [4.69, 9.17) is 9.72 Å². The number of carbonyl (C=O) groups excluding carboxylic acids is 1. The smallest absolute Gasteiger partial charge is 0.227 e. The van der Waals surface area contributed by atoms with E-state index >= 15 is 0 Å². The lowest BCUT2D eigenvalue weighted by Crippen LogP contribution is -2.25. The summed E-state index contributed by atoms with van der Waals surface area (Å²) >= 11 is 0. The van der Waals surface area contributed by atoms with Crippen molar-refractivity contribution in [3.8, 4) is 5.75 Å². The lowest BCUT2D eigenvalue weighted by atomic mass is 10.0. The Bertz CT molecular complexity index is 1330. The van der Waals surface area contributed by atoms with Crippen molar-refractivity contribution in [3.05, 3.63) is 90.0 Å². The van der Waals surface area contributed by atoms with Gasteiger partial charge in [-0.3, -0.25) is 4.79 Å². The Morgan fingerprint density at radius 3 is 2.54 bits per heavy atom. The zero-order valence-electron chi connectivity index (χ0n) is 20.2. The minimum absolute atomic E-state index is 0.0770. The second kappa shape index (κ2) is 9.90. The van der Waals surface area contributed by atoms with Crippen molar-refractivity contribution in [2.75, 3.05) is 18.1 Å². The van der Waals surface area contributed by atoms with E-state index in [0.29, 0.717) is 31.2 Å². The van der Waals surface area contributed by atoms with Crippen LogP contribution < -0.4 is 9.64 Å². The molecular weight excluding hydrogens is 441 g/mol. The normalized spacial score (nSPS) is 15.9. The number of imidazole rings is 1. The number of fused-ring (bicyclic) bond motifs is 1. The summed E-state index contributed by atoms with van der Waals surface area (Å²) in [5.74, 6) is 1.68. The molecule has 0 saturated carbocycles. The minimum atomic E-state index is -0.381. The highest BCUT2D eigenvalue weighted by molar-refractivity contribution is 5.96. The minimum Gasteiger partial charge on any atom is -0.494 e. The molecule has 1 aliphatic heterocycles. The first kappa shape index (κ1) is 23.1. The zero-order valence-corrected chi connectivity index (χ0v) is 20.2. The van der Waals surface area contributed by atoms with Crippen LogP contribution in [0.1, 0.15) is 49.9 Å². The third kappa shape index (κ3) is 4.78. The van der Waals surface area contributed by atoms with E-state index in [2.05, 4.69) is 36.6 Å². The Balaban J connectivity index is 1.31. The number of hydrogen-bond donors (Lipinski definition) is 0. The van der Waals surface area contributed by atoms with Gasteiger partial charge < -0.3 is 14.2 Å². The standard InChI is InChI=1S/C29H30FN3O2/c1-20(2)21-12-14-23(15-13-21)35-17-7-16-32-27-11-6-4-9-25(27)31-29(32)22-18-28(34)33(19-22)26-10-5-3-8-24(26)30/h3-6,8-15,20,22H,7,16-19H2,1-2H3. The maximum Gasteiger partial charge on any atom is 0.227 e. The molecule has 1 saturated heterocycles. The van der Waals surface area contributed by atoms with Crippen LogP contribution in [0, 0.1) is 5.82 Å². The summed E-state index contributed by atoms with van der Waals surface area (Å²) in [6.45, 7) is 6.08. The molecule has 4 aromatic rings. The van der Waals surface area contributed by atoms with Crippen LogP contribution in [-0.4, -0.2) is 28.6 Å². The van der Waals surface area contributed by atoms with Crippen LogP contribution in [0.15, 0.2) is 72.8 Å². The number of para-hydroxylation sites is 3. The van der Waals surface area contributed by atoms with Crippen molar-refractivity contribution < 1.29 is 13.9 Å². The molecule has 0 radical (unpaired) electrons. The van der Waals surface area contributed by atoms with Crippen LogP contribution in [0.4, 0.5) is 10.1 Å². The molecule has 0 spiro atoms. The third-order valence-electron chi connectivity index (χ3n) is 6.66. The molecule has 1 amide bonds. The predicted molar refractivity (Wildman–Crippen MR) is 136 cm³/mol. The van der Waals surface area contributed by atoms with E-state index in [1.807, 2.05) is 30.3 Å². The first-order valence-electron chi connectivity index (χ1n) is 12.2. The molecule has 3 aromatic carbocycles. The fraction of sp³-hybridized carbons (Fsp3) is 0.310. The molecule has 1 unspecified atom stereocenters. The van der Waals surface area contributed by atoms with Crippen molar-refractivity contribution in [3.63, 3.8) is 0 Å². The molecular formula is C29H30FN3O2. The molecule has 1 atom stereocenters. The van der Waals surface area contributed by atoms with Crippen LogP contribution >= 0.6 is 0 Å². The lowest BCUT2D eigenvalue weighted by Gasteiger charge is -2.18. The summed E-state index contributed by atoms with van der Waals surface area (Å²) in [5.41, 5.74) is 3.58.